The van der Waals surface area contributed by atoms with Gasteiger partial charge in [-0.1, -0.05) is 20.8 Å². The molecule has 0 aliphatic heterocycles. The molecular weight excluding hydrogens is 248 g/mol. The van der Waals surface area contributed by atoms with Crippen molar-refractivity contribution in [1.82, 2.24) is 19.9 Å². The van der Waals surface area contributed by atoms with Crippen LogP contribution in [-0.2, 0) is 19.4 Å². The second-order valence-corrected chi connectivity index (χ2v) is 4.92. The molecule has 108 valence electrons. The van der Waals surface area contributed by atoms with E-state index in [9.17, 15) is 0 Å². The van der Waals surface area contributed by atoms with Gasteiger partial charge in [-0.3, -0.25) is 4.57 Å². The van der Waals surface area contributed by atoms with E-state index < -0.39 is 0 Å². The standard InChI is InChI=1S/C16H24N4/c1-4-7-17-12-13-10-14(5-2)19-16(11-13)20-9-8-18-15(20)6-3/h8-11,17H,4-7,12H2,1-3H3. The van der Waals surface area contributed by atoms with Crippen LogP contribution >= 0.6 is 0 Å². The third kappa shape index (κ3) is 3.45. The Morgan fingerprint density at radius 3 is 2.70 bits per heavy atom. The SMILES string of the molecule is CCCNCc1cc(CC)nc(-n2ccnc2CC)c1. The van der Waals surface area contributed by atoms with Crippen LogP contribution in [0, 0.1) is 0 Å². The highest BCUT2D eigenvalue weighted by atomic mass is 15.1. The van der Waals surface area contributed by atoms with Crippen LogP contribution < -0.4 is 5.32 Å². The molecule has 0 saturated heterocycles. The highest BCUT2D eigenvalue weighted by Gasteiger charge is 2.07. The van der Waals surface area contributed by atoms with E-state index in [4.69, 9.17) is 4.98 Å². The number of nitrogens with one attached hydrogen (secondary N) is 1. The molecule has 1 N–H and O–H groups in total. The van der Waals surface area contributed by atoms with Crippen molar-refractivity contribution in [3.63, 3.8) is 0 Å². The average molecular weight is 272 g/mol. The number of hydrogen-bond acceptors (Lipinski definition) is 3. The maximum absolute atomic E-state index is 4.73. The van der Waals surface area contributed by atoms with Gasteiger partial charge in [-0.25, -0.2) is 9.97 Å². The maximum atomic E-state index is 4.73. The van der Waals surface area contributed by atoms with Gasteiger partial charge < -0.3 is 5.32 Å². The van der Waals surface area contributed by atoms with Gasteiger partial charge in [0.25, 0.3) is 0 Å². The van der Waals surface area contributed by atoms with Crippen molar-refractivity contribution < 1.29 is 0 Å². The molecule has 0 atom stereocenters. The smallest absolute Gasteiger partial charge is 0.138 e. The lowest BCUT2D eigenvalue weighted by atomic mass is 10.2. The van der Waals surface area contributed by atoms with Crippen LogP contribution in [-0.4, -0.2) is 21.1 Å². The highest BCUT2D eigenvalue weighted by Crippen LogP contribution is 2.13. The van der Waals surface area contributed by atoms with E-state index in [-0.39, 0.29) is 0 Å². The summed E-state index contributed by atoms with van der Waals surface area (Å²) in [7, 11) is 0. The molecule has 0 fully saturated rings. The quantitative estimate of drug-likeness (QED) is 0.788. The number of hydrogen-bond donors (Lipinski definition) is 1. The number of imidazole rings is 1. The lowest BCUT2D eigenvalue weighted by Crippen LogP contribution is -2.15. The molecular formula is C16H24N4. The normalized spacial score (nSPS) is 10.9. The Morgan fingerprint density at radius 2 is 2.00 bits per heavy atom. The van der Waals surface area contributed by atoms with Crippen molar-refractivity contribution in [1.29, 1.82) is 0 Å². The molecule has 4 nitrogen and oxygen atoms in total. The van der Waals surface area contributed by atoms with E-state index in [0.717, 1.165) is 49.7 Å². The zero-order valence-corrected chi connectivity index (χ0v) is 12.7. The van der Waals surface area contributed by atoms with Crippen molar-refractivity contribution in [2.24, 2.45) is 0 Å². The third-order valence-electron chi connectivity index (χ3n) is 3.32. The number of aromatic nitrogens is 3. The Morgan fingerprint density at radius 1 is 1.15 bits per heavy atom. The van der Waals surface area contributed by atoms with Crippen LogP contribution in [0.5, 0.6) is 0 Å². The van der Waals surface area contributed by atoms with Gasteiger partial charge in [-0.05, 0) is 37.1 Å². The van der Waals surface area contributed by atoms with E-state index in [1.165, 1.54) is 5.56 Å². The second-order valence-electron chi connectivity index (χ2n) is 4.92. The average Bonchev–Trinajstić information content (AvgIpc) is 2.95. The summed E-state index contributed by atoms with van der Waals surface area (Å²) < 4.78 is 2.09. The van der Waals surface area contributed by atoms with E-state index >= 15 is 0 Å². The molecule has 0 aromatic carbocycles. The highest BCUT2D eigenvalue weighted by molar-refractivity contribution is 5.32. The molecule has 20 heavy (non-hydrogen) atoms. The molecule has 0 saturated carbocycles. The van der Waals surface area contributed by atoms with Crippen LogP contribution in [0.2, 0.25) is 0 Å². The zero-order chi connectivity index (χ0) is 14.4. The molecule has 2 aromatic rings. The molecule has 2 rings (SSSR count). The van der Waals surface area contributed by atoms with Crippen LogP contribution in [0.3, 0.4) is 0 Å². The molecule has 0 radical (unpaired) electrons. The van der Waals surface area contributed by atoms with Crippen LogP contribution in [0.1, 0.15) is 44.3 Å². The summed E-state index contributed by atoms with van der Waals surface area (Å²) in [4.78, 5) is 9.11. The minimum Gasteiger partial charge on any atom is -0.313 e. The molecule has 0 amide bonds. The first-order chi connectivity index (χ1) is 9.78. The van der Waals surface area contributed by atoms with Gasteiger partial charge in [0, 0.05) is 31.1 Å². The maximum Gasteiger partial charge on any atom is 0.138 e. The Bertz CT molecular complexity index is 545. The van der Waals surface area contributed by atoms with Crippen molar-refractivity contribution in [3.8, 4) is 5.82 Å². The summed E-state index contributed by atoms with van der Waals surface area (Å²) in [6, 6.07) is 4.34. The van der Waals surface area contributed by atoms with E-state index in [1.54, 1.807) is 0 Å². The number of rotatable bonds is 7. The fourth-order valence-electron chi connectivity index (χ4n) is 2.25. The minimum absolute atomic E-state index is 0.895. The first kappa shape index (κ1) is 14.7. The van der Waals surface area contributed by atoms with Crippen molar-refractivity contribution in [3.05, 3.63) is 41.6 Å². The number of pyridine rings is 1. The van der Waals surface area contributed by atoms with Gasteiger partial charge in [0.15, 0.2) is 0 Å². The van der Waals surface area contributed by atoms with E-state index in [2.05, 4.69) is 47.8 Å². The summed E-state index contributed by atoms with van der Waals surface area (Å²) in [6.07, 6.45) is 6.84. The molecule has 4 heteroatoms. The van der Waals surface area contributed by atoms with Gasteiger partial charge in [-0.2, -0.15) is 0 Å². The second kappa shape index (κ2) is 7.20. The van der Waals surface area contributed by atoms with Crippen molar-refractivity contribution in [2.45, 2.75) is 46.6 Å². The van der Waals surface area contributed by atoms with E-state index in [0.29, 0.717) is 0 Å². The van der Waals surface area contributed by atoms with Crippen LogP contribution in [0.25, 0.3) is 5.82 Å². The Hall–Kier alpha value is -1.68. The zero-order valence-electron chi connectivity index (χ0n) is 12.7. The van der Waals surface area contributed by atoms with Crippen molar-refractivity contribution >= 4 is 0 Å². The topological polar surface area (TPSA) is 42.7 Å². The molecule has 0 spiro atoms. The Balaban J connectivity index is 2.30. The van der Waals surface area contributed by atoms with E-state index in [1.807, 2.05) is 12.4 Å². The summed E-state index contributed by atoms with van der Waals surface area (Å²) in [5.41, 5.74) is 2.42. The molecule has 0 aliphatic rings. The Kier molecular flexibility index (Phi) is 5.30. The predicted octanol–water partition coefficient (Wildman–Crippen LogP) is 2.89. The third-order valence-corrected chi connectivity index (χ3v) is 3.32. The van der Waals surface area contributed by atoms with Gasteiger partial charge in [0.1, 0.15) is 11.6 Å². The molecule has 0 bridgehead atoms. The summed E-state index contributed by atoms with van der Waals surface area (Å²) in [5.74, 6) is 2.03. The van der Waals surface area contributed by atoms with Gasteiger partial charge in [0.05, 0.1) is 0 Å². The fraction of sp³-hybridized carbons (Fsp3) is 0.500. The first-order valence-corrected chi connectivity index (χ1v) is 7.51. The lowest BCUT2D eigenvalue weighted by molar-refractivity contribution is 0.673. The monoisotopic (exact) mass is 272 g/mol. The summed E-state index contributed by atoms with van der Waals surface area (Å²) in [6.45, 7) is 8.38. The molecule has 2 aromatic heterocycles. The minimum atomic E-state index is 0.895. The largest absolute Gasteiger partial charge is 0.313 e. The van der Waals surface area contributed by atoms with Gasteiger partial charge in [-0.15, -0.1) is 0 Å². The number of nitrogens with zero attached hydrogens (tertiary/aromatic N) is 3. The van der Waals surface area contributed by atoms with Crippen LogP contribution in [0.15, 0.2) is 24.5 Å². The van der Waals surface area contributed by atoms with Crippen LogP contribution in [0.4, 0.5) is 0 Å². The fourth-order valence-corrected chi connectivity index (χ4v) is 2.25. The van der Waals surface area contributed by atoms with Gasteiger partial charge >= 0.3 is 0 Å². The molecule has 0 aliphatic carbocycles. The number of aryl methyl sites for hydroxylation is 2. The van der Waals surface area contributed by atoms with Crippen molar-refractivity contribution in [2.75, 3.05) is 6.54 Å². The summed E-state index contributed by atoms with van der Waals surface area (Å²) in [5, 5.41) is 3.45. The summed E-state index contributed by atoms with van der Waals surface area (Å²) >= 11 is 0. The molecule has 0 unspecified atom stereocenters. The lowest BCUT2D eigenvalue weighted by Gasteiger charge is -2.11. The van der Waals surface area contributed by atoms with Gasteiger partial charge in [0.2, 0.25) is 0 Å². The Labute approximate surface area is 121 Å². The predicted molar refractivity (Wildman–Crippen MR) is 82.1 cm³/mol. The first-order valence-electron chi connectivity index (χ1n) is 7.51. The molecule has 2 heterocycles.